The second kappa shape index (κ2) is 3.36. The molecule has 0 amide bonds. The quantitative estimate of drug-likeness (QED) is 0.492. The van der Waals surface area contributed by atoms with Crippen LogP contribution in [0.1, 0.15) is 0 Å². The molecular weight excluding hydrogens is 253 g/mol. The molecule has 0 fully saturated rings. The predicted molar refractivity (Wildman–Crippen MR) is 49.7 cm³/mol. The monoisotopic (exact) mass is 256 g/mol. The Morgan fingerprint density at radius 3 is 2.10 bits per heavy atom. The van der Waals surface area contributed by atoms with Crippen molar-refractivity contribution in [3.05, 3.63) is 27.2 Å². The minimum absolute atomic E-state index is 0.449. The molecule has 1 unspecified atom stereocenters. The van der Waals surface area contributed by atoms with Gasteiger partial charge < -0.3 is 0 Å². The molecule has 0 aliphatic rings. The summed E-state index contributed by atoms with van der Waals surface area (Å²) >= 11 is 18.6. The van der Waals surface area contributed by atoms with Crippen LogP contribution in [-0.2, 0) is 0 Å². The standard InChI is InChI=1S/C6H4AsCl3/c7-3-1-2-4(8)6(10)5(3)9/h1-2H,7H2. The molecular formula is C6H4AsCl3. The van der Waals surface area contributed by atoms with Crippen LogP contribution in [0.25, 0.3) is 0 Å². The first kappa shape index (κ1) is 8.74. The fourth-order valence-corrected chi connectivity index (χ4v) is 1.78. The Balaban J connectivity index is 3.34. The van der Waals surface area contributed by atoms with Gasteiger partial charge in [-0.1, -0.05) is 0 Å². The number of hydrogen-bond acceptors (Lipinski definition) is 0. The summed E-state index contributed by atoms with van der Waals surface area (Å²) in [5, 5.41) is 1.52. The van der Waals surface area contributed by atoms with Crippen molar-refractivity contribution in [1.29, 1.82) is 0 Å². The maximum absolute atomic E-state index is 5.78. The zero-order valence-electron chi connectivity index (χ0n) is 4.87. The number of halogens is 3. The first-order chi connectivity index (χ1) is 4.63. The van der Waals surface area contributed by atoms with E-state index in [0.29, 0.717) is 15.1 Å². The van der Waals surface area contributed by atoms with Gasteiger partial charge >= 0.3 is 83.2 Å². The van der Waals surface area contributed by atoms with Crippen molar-refractivity contribution in [3.63, 3.8) is 0 Å². The first-order valence-electron chi connectivity index (χ1n) is 2.52. The molecule has 0 aromatic heterocycles. The average molecular weight is 257 g/mol. The summed E-state index contributed by atoms with van der Waals surface area (Å²) in [6.07, 6.45) is 0. The molecule has 1 aromatic carbocycles. The summed E-state index contributed by atoms with van der Waals surface area (Å²) < 4.78 is 1.00. The molecule has 0 nitrogen and oxygen atoms in total. The summed E-state index contributed by atoms with van der Waals surface area (Å²) in [5.41, 5.74) is 0. The Bertz CT molecular complexity index is 232. The van der Waals surface area contributed by atoms with Crippen LogP contribution in [0.4, 0.5) is 0 Å². The van der Waals surface area contributed by atoms with Crippen molar-refractivity contribution in [1.82, 2.24) is 0 Å². The van der Waals surface area contributed by atoms with E-state index in [-0.39, 0.29) is 0 Å². The molecule has 0 radical (unpaired) electrons. The fourth-order valence-electron chi connectivity index (χ4n) is 0.541. The summed E-state index contributed by atoms with van der Waals surface area (Å²) in [7, 11) is 0. The minimum atomic E-state index is 0.449. The SMILES string of the molecule is Clc1ccc([AsH2])c(Cl)c1Cl. The van der Waals surface area contributed by atoms with Crippen molar-refractivity contribution < 1.29 is 0 Å². The van der Waals surface area contributed by atoms with Crippen molar-refractivity contribution in [2.75, 3.05) is 0 Å². The summed E-state index contributed by atoms with van der Waals surface area (Å²) in [6.45, 7) is 0. The third-order valence-corrected chi connectivity index (χ3v) is 3.77. The van der Waals surface area contributed by atoms with Gasteiger partial charge in [-0.2, -0.15) is 0 Å². The van der Waals surface area contributed by atoms with Gasteiger partial charge in [-0.15, -0.1) is 0 Å². The van der Waals surface area contributed by atoms with Crippen LogP contribution < -0.4 is 4.35 Å². The Kier molecular flexibility index (Phi) is 2.94. The van der Waals surface area contributed by atoms with E-state index in [1.807, 2.05) is 6.07 Å². The molecule has 0 N–H and O–H groups in total. The van der Waals surface area contributed by atoms with E-state index in [1.54, 1.807) is 6.07 Å². The zero-order chi connectivity index (χ0) is 7.72. The van der Waals surface area contributed by atoms with Crippen molar-refractivity contribution in [2.45, 2.75) is 0 Å². The summed E-state index contributed by atoms with van der Waals surface area (Å²) in [5.74, 6) is 0. The predicted octanol–water partition coefficient (Wildman–Crippen LogP) is 1.91. The van der Waals surface area contributed by atoms with Gasteiger partial charge in [0.05, 0.1) is 0 Å². The number of benzene rings is 1. The van der Waals surface area contributed by atoms with Gasteiger partial charge in [0.15, 0.2) is 0 Å². The molecule has 0 spiro atoms. The molecule has 54 valence electrons. The van der Waals surface area contributed by atoms with E-state index in [2.05, 4.69) is 0 Å². The van der Waals surface area contributed by atoms with Crippen LogP contribution in [0.5, 0.6) is 0 Å². The number of hydrogen-bond donors (Lipinski definition) is 0. The van der Waals surface area contributed by atoms with Crippen LogP contribution >= 0.6 is 34.8 Å². The van der Waals surface area contributed by atoms with Gasteiger partial charge in [0.2, 0.25) is 0 Å². The Hall–Kier alpha value is 0.648. The molecule has 0 saturated carbocycles. The van der Waals surface area contributed by atoms with Gasteiger partial charge in [0, 0.05) is 0 Å². The van der Waals surface area contributed by atoms with Crippen LogP contribution in [0.15, 0.2) is 12.1 Å². The van der Waals surface area contributed by atoms with E-state index >= 15 is 0 Å². The van der Waals surface area contributed by atoms with Crippen LogP contribution in [0.2, 0.25) is 15.1 Å². The Labute approximate surface area is 83.0 Å². The molecule has 1 aromatic rings. The average Bonchev–Trinajstić information content (AvgIpc) is 1.93. The summed E-state index contributed by atoms with van der Waals surface area (Å²) in [4.78, 5) is 0. The molecule has 0 aliphatic heterocycles. The molecule has 1 atom stereocenters. The number of rotatable bonds is 0. The molecule has 0 bridgehead atoms. The van der Waals surface area contributed by atoms with Crippen molar-refractivity contribution in [2.24, 2.45) is 0 Å². The first-order valence-corrected chi connectivity index (χ1v) is 4.86. The molecule has 0 heterocycles. The topological polar surface area (TPSA) is 0 Å². The molecule has 0 saturated heterocycles. The molecule has 10 heavy (non-hydrogen) atoms. The Morgan fingerprint density at radius 1 is 1.00 bits per heavy atom. The normalized spacial score (nSPS) is 10.0. The van der Waals surface area contributed by atoms with E-state index < -0.39 is 0 Å². The van der Waals surface area contributed by atoms with Gasteiger partial charge in [-0.05, 0) is 0 Å². The molecule has 4 heteroatoms. The van der Waals surface area contributed by atoms with E-state index in [1.165, 1.54) is 16.9 Å². The Morgan fingerprint density at radius 2 is 1.60 bits per heavy atom. The molecule has 0 aliphatic carbocycles. The van der Waals surface area contributed by atoms with Gasteiger partial charge in [-0.25, -0.2) is 0 Å². The maximum atomic E-state index is 5.78. The van der Waals surface area contributed by atoms with Gasteiger partial charge in [-0.3, -0.25) is 0 Å². The van der Waals surface area contributed by atoms with Crippen molar-refractivity contribution in [3.8, 4) is 0 Å². The van der Waals surface area contributed by atoms with Gasteiger partial charge in [0.1, 0.15) is 0 Å². The van der Waals surface area contributed by atoms with Crippen molar-refractivity contribution >= 4 is 56.0 Å². The fraction of sp³-hybridized carbons (Fsp3) is 0. The van der Waals surface area contributed by atoms with Crippen LogP contribution in [0, 0.1) is 0 Å². The second-order valence-electron chi connectivity index (χ2n) is 1.76. The van der Waals surface area contributed by atoms with Crippen LogP contribution in [0.3, 0.4) is 0 Å². The third-order valence-electron chi connectivity index (χ3n) is 1.07. The van der Waals surface area contributed by atoms with E-state index in [4.69, 9.17) is 34.8 Å². The summed E-state index contributed by atoms with van der Waals surface area (Å²) in [6, 6.07) is 3.60. The van der Waals surface area contributed by atoms with E-state index in [0.717, 1.165) is 4.35 Å². The zero-order valence-corrected chi connectivity index (χ0v) is 9.56. The van der Waals surface area contributed by atoms with Gasteiger partial charge in [0.25, 0.3) is 0 Å². The third kappa shape index (κ3) is 1.62. The molecule has 1 rings (SSSR count). The second-order valence-corrected chi connectivity index (χ2v) is 4.23. The van der Waals surface area contributed by atoms with Crippen LogP contribution in [-0.4, -0.2) is 16.9 Å². The van der Waals surface area contributed by atoms with E-state index in [9.17, 15) is 0 Å².